The molecule has 0 unspecified atom stereocenters. The number of aliphatic imine (C=N–C) groups is 1. The van der Waals surface area contributed by atoms with Gasteiger partial charge in [-0.15, -0.1) is 0 Å². The van der Waals surface area contributed by atoms with E-state index in [2.05, 4.69) is 21.5 Å². The number of carbonyl (C=O) groups excluding carboxylic acids is 1. The van der Waals surface area contributed by atoms with Gasteiger partial charge in [-0.1, -0.05) is 25.5 Å². The van der Waals surface area contributed by atoms with Gasteiger partial charge in [-0.2, -0.15) is 0 Å². The van der Waals surface area contributed by atoms with Crippen LogP contribution in [0.25, 0.3) is 0 Å². The molecule has 7 nitrogen and oxygen atoms in total. The number of piperazine rings is 1. The van der Waals surface area contributed by atoms with Gasteiger partial charge >= 0.3 is 0 Å². The van der Waals surface area contributed by atoms with E-state index in [4.69, 9.17) is 0 Å². The molecule has 2 aliphatic rings. The number of amides is 1. The van der Waals surface area contributed by atoms with Crippen LogP contribution in [-0.4, -0.2) is 69.2 Å². The van der Waals surface area contributed by atoms with Crippen LogP contribution in [0.5, 0.6) is 0 Å². The summed E-state index contributed by atoms with van der Waals surface area (Å²) in [5.74, 6) is 0.671. The van der Waals surface area contributed by atoms with E-state index in [0.29, 0.717) is 24.4 Å². The first-order valence-electron chi connectivity index (χ1n) is 9.68. The second kappa shape index (κ2) is 8.84. The van der Waals surface area contributed by atoms with Gasteiger partial charge in [0.15, 0.2) is 0 Å². The maximum Gasteiger partial charge on any atom is 0.263 e. The Morgan fingerprint density at radius 3 is 2.59 bits per heavy atom. The number of nitrogens with one attached hydrogen (secondary N) is 1. The highest BCUT2D eigenvalue weighted by Crippen LogP contribution is 2.22. The van der Waals surface area contributed by atoms with Crippen LogP contribution in [0.4, 0.5) is 0 Å². The Bertz CT molecular complexity index is 799. The fourth-order valence-corrected chi connectivity index (χ4v) is 4.73. The molecule has 0 aliphatic carbocycles. The number of likely N-dealkylation sites (N-methyl/N-ethyl adjacent to an activating group) is 1. The van der Waals surface area contributed by atoms with E-state index in [1.165, 1.54) is 0 Å². The van der Waals surface area contributed by atoms with Crippen LogP contribution >= 0.6 is 0 Å². The first-order valence-corrected chi connectivity index (χ1v) is 11.2. The maximum absolute atomic E-state index is 12.2. The predicted molar refractivity (Wildman–Crippen MR) is 105 cm³/mol. The van der Waals surface area contributed by atoms with Gasteiger partial charge in [0.25, 0.3) is 10.0 Å². The fraction of sp³-hybridized carbons (Fsp3) is 0.579. The Morgan fingerprint density at radius 2 is 1.85 bits per heavy atom. The van der Waals surface area contributed by atoms with E-state index in [9.17, 15) is 13.2 Å². The predicted octanol–water partition coefficient (Wildman–Crippen LogP) is 1.45. The van der Waals surface area contributed by atoms with Gasteiger partial charge in [-0.05, 0) is 31.5 Å². The topological polar surface area (TPSA) is 82.1 Å². The quantitative estimate of drug-likeness (QED) is 0.712. The van der Waals surface area contributed by atoms with Crippen LogP contribution in [0, 0.1) is 0 Å². The summed E-state index contributed by atoms with van der Waals surface area (Å²) >= 11 is 0. The van der Waals surface area contributed by atoms with Crippen LogP contribution in [0.2, 0.25) is 0 Å². The number of carbonyl (C=O) groups is 1. The number of amidine groups is 1. The molecule has 2 heterocycles. The molecule has 1 aromatic rings. The minimum Gasteiger partial charge on any atom is -0.340 e. The molecular formula is C19H28N4O3S. The van der Waals surface area contributed by atoms with Gasteiger partial charge in [-0.3, -0.25) is 14.5 Å². The highest BCUT2D eigenvalue weighted by molar-refractivity contribution is 7.90. The van der Waals surface area contributed by atoms with Crippen molar-refractivity contribution >= 4 is 21.8 Å². The molecule has 3 rings (SSSR count). The van der Waals surface area contributed by atoms with Crippen molar-refractivity contribution in [2.45, 2.75) is 37.5 Å². The zero-order valence-corrected chi connectivity index (χ0v) is 16.7. The van der Waals surface area contributed by atoms with Crippen LogP contribution in [0.3, 0.4) is 0 Å². The first-order chi connectivity index (χ1) is 13.0. The summed E-state index contributed by atoms with van der Waals surface area (Å²) in [7, 11) is -3.47. The number of fused-ring (bicyclic) bond motifs is 1. The molecule has 0 atom stereocenters. The summed E-state index contributed by atoms with van der Waals surface area (Å²) in [4.78, 5) is 21.3. The molecule has 0 saturated carbocycles. The van der Waals surface area contributed by atoms with Crippen molar-refractivity contribution in [2.24, 2.45) is 4.99 Å². The number of unbranched alkanes of at least 4 members (excludes halogenated alkanes) is 2. The summed E-state index contributed by atoms with van der Waals surface area (Å²) in [5, 5.41) is 0. The van der Waals surface area contributed by atoms with Gasteiger partial charge in [0.1, 0.15) is 5.84 Å². The zero-order valence-electron chi connectivity index (χ0n) is 15.9. The average Bonchev–Trinajstić information content (AvgIpc) is 2.95. The van der Waals surface area contributed by atoms with Crippen LogP contribution in [0.15, 0.2) is 34.2 Å². The summed E-state index contributed by atoms with van der Waals surface area (Å²) < 4.78 is 26.6. The van der Waals surface area contributed by atoms with Gasteiger partial charge in [0, 0.05) is 44.7 Å². The van der Waals surface area contributed by atoms with Crippen LogP contribution in [-0.2, 0) is 14.8 Å². The third-order valence-corrected chi connectivity index (χ3v) is 6.55. The van der Waals surface area contributed by atoms with Gasteiger partial charge < -0.3 is 9.80 Å². The standard InChI is InChI=1S/C19H28N4O3S/c1-2-22-12-14-23(15-13-22)18(24)10-4-3-7-11-20-19-16-8-5-6-9-17(16)27(25,26)21-19/h5-6,8-9H,2-4,7,10-15H2,1H3,(H,20,21). The monoisotopic (exact) mass is 392 g/mol. The SMILES string of the molecule is CCN1CCN(C(=O)CCCCCN=C2NS(=O)(=O)c3ccccc32)CC1. The Kier molecular flexibility index (Phi) is 6.49. The van der Waals surface area contributed by atoms with E-state index in [0.717, 1.165) is 52.0 Å². The fourth-order valence-electron chi connectivity index (χ4n) is 3.48. The van der Waals surface area contributed by atoms with E-state index >= 15 is 0 Å². The molecule has 1 amide bonds. The highest BCUT2D eigenvalue weighted by Gasteiger charge is 2.29. The molecule has 8 heteroatoms. The number of nitrogens with zero attached hydrogens (tertiary/aromatic N) is 3. The molecular weight excluding hydrogens is 364 g/mol. The van der Waals surface area contributed by atoms with Crippen molar-refractivity contribution in [3.05, 3.63) is 29.8 Å². The third-order valence-electron chi connectivity index (χ3n) is 5.15. The molecule has 0 bridgehead atoms. The second-order valence-electron chi connectivity index (χ2n) is 6.96. The molecule has 1 aromatic carbocycles. The summed E-state index contributed by atoms with van der Waals surface area (Å²) in [5.41, 5.74) is 0.638. The van der Waals surface area contributed by atoms with Crippen molar-refractivity contribution in [3.8, 4) is 0 Å². The smallest absolute Gasteiger partial charge is 0.263 e. The maximum atomic E-state index is 12.2. The van der Waals surface area contributed by atoms with Gasteiger partial charge in [-0.25, -0.2) is 8.42 Å². The second-order valence-corrected chi connectivity index (χ2v) is 8.61. The molecule has 148 valence electrons. The van der Waals surface area contributed by atoms with Crippen molar-refractivity contribution in [2.75, 3.05) is 39.3 Å². The lowest BCUT2D eigenvalue weighted by atomic mass is 10.1. The van der Waals surface area contributed by atoms with Crippen molar-refractivity contribution in [1.82, 2.24) is 14.5 Å². The molecule has 2 aliphatic heterocycles. The largest absolute Gasteiger partial charge is 0.340 e. The molecule has 1 N–H and O–H groups in total. The third kappa shape index (κ3) is 4.87. The van der Waals surface area contributed by atoms with Crippen molar-refractivity contribution in [3.63, 3.8) is 0 Å². The number of hydrogen-bond donors (Lipinski definition) is 1. The minimum absolute atomic E-state index is 0.245. The first kappa shape index (κ1) is 19.8. The van der Waals surface area contributed by atoms with Crippen molar-refractivity contribution < 1.29 is 13.2 Å². The van der Waals surface area contributed by atoms with E-state index in [1.807, 2.05) is 11.0 Å². The number of benzene rings is 1. The molecule has 0 radical (unpaired) electrons. The molecule has 1 saturated heterocycles. The normalized spacial score (nSPS) is 20.5. The Labute approximate surface area is 161 Å². The van der Waals surface area contributed by atoms with Crippen LogP contribution < -0.4 is 4.72 Å². The van der Waals surface area contributed by atoms with E-state index in [1.54, 1.807) is 18.2 Å². The van der Waals surface area contributed by atoms with E-state index in [-0.39, 0.29) is 10.8 Å². The lowest BCUT2D eigenvalue weighted by Crippen LogP contribution is -2.48. The Balaban J connectivity index is 1.38. The lowest BCUT2D eigenvalue weighted by Gasteiger charge is -2.34. The zero-order chi connectivity index (χ0) is 19.3. The summed E-state index contributed by atoms with van der Waals surface area (Å²) in [6.45, 7) is 7.35. The average molecular weight is 393 g/mol. The lowest BCUT2D eigenvalue weighted by molar-refractivity contribution is -0.133. The summed E-state index contributed by atoms with van der Waals surface area (Å²) in [6.07, 6.45) is 3.17. The van der Waals surface area contributed by atoms with Crippen LogP contribution in [0.1, 0.15) is 38.2 Å². The molecule has 1 fully saturated rings. The van der Waals surface area contributed by atoms with Crippen molar-refractivity contribution in [1.29, 1.82) is 0 Å². The number of rotatable bonds is 7. The molecule has 0 spiro atoms. The van der Waals surface area contributed by atoms with Gasteiger partial charge in [0.05, 0.1) is 4.90 Å². The highest BCUT2D eigenvalue weighted by atomic mass is 32.2. The molecule has 27 heavy (non-hydrogen) atoms. The van der Waals surface area contributed by atoms with Gasteiger partial charge in [0.2, 0.25) is 5.91 Å². The summed E-state index contributed by atoms with van der Waals surface area (Å²) in [6, 6.07) is 6.87. The Hall–Kier alpha value is -1.93. The number of sulfonamides is 1. The molecule has 0 aromatic heterocycles. The number of hydrogen-bond acceptors (Lipinski definition) is 5. The van der Waals surface area contributed by atoms with E-state index < -0.39 is 10.0 Å². The minimum atomic E-state index is -3.47. The Morgan fingerprint density at radius 1 is 1.11 bits per heavy atom.